The van der Waals surface area contributed by atoms with Gasteiger partial charge in [-0.2, -0.15) is 4.31 Å². The van der Waals surface area contributed by atoms with Crippen LogP contribution in [0.4, 0.5) is 0 Å². The summed E-state index contributed by atoms with van der Waals surface area (Å²) in [5, 5.41) is 0.172. The van der Waals surface area contributed by atoms with Crippen molar-refractivity contribution in [3.8, 4) is 0 Å². The summed E-state index contributed by atoms with van der Waals surface area (Å²) in [7, 11) is -3.40. The molecule has 0 amide bonds. The molecule has 0 spiro atoms. The number of rotatable bonds is 2. The Morgan fingerprint density at radius 1 is 1.41 bits per heavy atom. The highest BCUT2D eigenvalue weighted by molar-refractivity contribution is 7.89. The Labute approximate surface area is 100 Å². The Morgan fingerprint density at radius 2 is 2.24 bits per heavy atom. The van der Waals surface area contributed by atoms with Crippen LogP contribution in [-0.2, 0) is 10.0 Å². The van der Waals surface area contributed by atoms with Crippen molar-refractivity contribution >= 4 is 10.0 Å². The third-order valence-electron chi connectivity index (χ3n) is 3.97. The number of imidazole rings is 1. The van der Waals surface area contributed by atoms with E-state index < -0.39 is 10.0 Å². The zero-order valence-electron chi connectivity index (χ0n) is 9.41. The van der Waals surface area contributed by atoms with Gasteiger partial charge in [-0.05, 0) is 24.7 Å². The molecule has 2 fully saturated rings. The van der Waals surface area contributed by atoms with Gasteiger partial charge in [0.15, 0.2) is 5.03 Å². The molecule has 1 aliphatic carbocycles. The van der Waals surface area contributed by atoms with Crippen molar-refractivity contribution in [1.82, 2.24) is 14.3 Å². The van der Waals surface area contributed by atoms with Crippen molar-refractivity contribution in [3.05, 3.63) is 12.5 Å². The first-order valence-electron chi connectivity index (χ1n) is 5.83. The fourth-order valence-corrected chi connectivity index (χ4v) is 4.42. The second kappa shape index (κ2) is 3.79. The number of sulfonamides is 1. The Balaban J connectivity index is 1.84. The van der Waals surface area contributed by atoms with E-state index in [-0.39, 0.29) is 11.1 Å². The summed E-state index contributed by atoms with van der Waals surface area (Å²) in [6.45, 7) is 1.15. The van der Waals surface area contributed by atoms with Crippen LogP contribution in [0.15, 0.2) is 17.6 Å². The third-order valence-corrected chi connectivity index (χ3v) is 5.73. The fraction of sp³-hybridized carbons (Fsp3) is 0.700. The Hall–Kier alpha value is -0.920. The van der Waals surface area contributed by atoms with Gasteiger partial charge in [0, 0.05) is 19.1 Å². The molecule has 0 aromatic carbocycles. The number of aromatic nitrogens is 2. The molecule has 94 valence electrons. The van der Waals surface area contributed by atoms with E-state index in [2.05, 4.69) is 9.97 Å². The lowest BCUT2D eigenvalue weighted by Crippen LogP contribution is -2.33. The number of nitrogens with two attached hydrogens (primary N) is 1. The zero-order chi connectivity index (χ0) is 12.0. The van der Waals surface area contributed by atoms with E-state index in [0.29, 0.717) is 24.9 Å². The summed E-state index contributed by atoms with van der Waals surface area (Å²) in [5.74, 6) is 0.760. The highest BCUT2D eigenvalue weighted by atomic mass is 32.2. The van der Waals surface area contributed by atoms with Crippen LogP contribution in [0.2, 0.25) is 0 Å². The Morgan fingerprint density at radius 3 is 2.88 bits per heavy atom. The fourth-order valence-electron chi connectivity index (χ4n) is 2.99. The summed E-state index contributed by atoms with van der Waals surface area (Å²) in [6, 6.07) is 0.155. The maximum Gasteiger partial charge on any atom is 0.260 e. The van der Waals surface area contributed by atoms with Gasteiger partial charge in [0.2, 0.25) is 0 Å². The van der Waals surface area contributed by atoms with Gasteiger partial charge in [-0.1, -0.05) is 0 Å². The monoisotopic (exact) mass is 256 g/mol. The zero-order valence-corrected chi connectivity index (χ0v) is 10.2. The summed E-state index contributed by atoms with van der Waals surface area (Å²) in [4.78, 5) is 6.42. The predicted octanol–water partition coefficient (Wildman–Crippen LogP) is -0.233. The van der Waals surface area contributed by atoms with Gasteiger partial charge < -0.3 is 10.7 Å². The molecule has 2 heterocycles. The van der Waals surface area contributed by atoms with Crippen molar-refractivity contribution in [2.24, 2.45) is 17.6 Å². The average Bonchev–Trinajstić information content (AvgIpc) is 2.96. The van der Waals surface area contributed by atoms with E-state index in [1.165, 1.54) is 16.8 Å². The minimum absolute atomic E-state index is 0.155. The Bertz CT molecular complexity index is 498. The first-order chi connectivity index (χ1) is 8.09. The van der Waals surface area contributed by atoms with E-state index in [9.17, 15) is 8.42 Å². The van der Waals surface area contributed by atoms with Gasteiger partial charge in [-0.15, -0.1) is 0 Å². The molecule has 3 rings (SSSR count). The van der Waals surface area contributed by atoms with Crippen LogP contribution in [0.25, 0.3) is 0 Å². The molecule has 6 nitrogen and oxygen atoms in total. The van der Waals surface area contributed by atoms with Crippen LogP contribution in [0.5, 0.6) is 0 Å². The van der Waals surface area contributed by atoms with Gasteiger partial charge in [0.1, 0.15) is 0 Å². The lowest BCUT2D eigenvalue weighted by atomic mass is 9.98. The Kier molecular flexibility index (Phi) is 2.49. The maximum atomic E-state index is 12.2. The van der Waals surface area contributed by atoms with E-state index in [1.54, 1.807) is 0 Å². The summed E-state index contributed by atoms with van der Waals surface area (Å²) < 4.78 is 26.0. The first-order valence-corrected chi connectivity index (χ1v) is 7.27. The van der Waals surface area contributed by atoms with Gasteiger partial charge in [0.25, 0.3) is 10.0 Å². The number of fused-ring (bicyclic) bond motifs is 1. The molecule has 3 N–H and O–H groups in total. The lowest BCUT2D eigenvalue weighted by molar-refractivity contribution is 0.426. The first kappa shape index (κ1) is 11.2. The molecule has 1 aromatic rings. The average molecular weight is 256 g/mol. The standard InChI is InChI=1S/C10H16N4O2S/c11-9-2-1-7-4-14(5-8(7)9)17(15,16)10-3-12-6-13-10/h3,6-9H,1-2,4-5,11H2,(H,12,13). The van der Waals surface area contributed by atoms with Crippen LogP contribution in [0.3, 0.4) is 0 Å². The van der Waals surface area contributed by atoms with Crippen molar-refractivity contribution < 1.29 is 8.42 Å². The smallest absolute Gasteiger partial charge is 0.260 e. The number of hydrogen-bond acceptors (Lipinski definition) is 4. The van der Waals surface area contributed by atoms with Gasteiger partial charge in [0.05, 0.1) is 12.5 Å². The number of aromatic amines is 1. The molecule has 17 heavy (non-hydrogen) atoms. The molecule has 0 bridgehead atoms. The molecule has 2 aliphatic rings. The van der Waals surface area contributed by atoms with Crippen LogP contribution in [-0.4, -0.2) is 41.8 Å². The number of nitrogens with one attached hydrogen (secondary N) is 1. The third kappa shape index (κ3) is 1.69. The molecule has 1 saturated carbocycles. The van der Waals surface area contributed by atoms with Gasteiger partial charge in [-0.3, -0.25) is 0 Å². The van der Waals surface area contributed by atoms with Crippen molar-refractivity contribution in [2.45, 2.75) is 23.9 Å². The summed E-state index contributed by atoms with van der Waals surface area (Å²) >= 11 is 0. The second-order valence-corrected chi connectivity index (χ2v) is 6.81. The highest BCUT2D eigenvalue weighted by Crippen LogP contribution is 2.38. The topological polar surface area (TPSA) is 92.1 Å². The molecule has 3 unspecified atom stereocenters. The molecule has 7 heteroatoms. The van der Waals surface area contributed by atoms with Crippen molar-refractivity contribution in [2.75, 3.05) is 13.1 Å². The maximum absolute atomic E-state index is 12.2. The van der Waals surface area contributed by atoms with Crippen LogP contribution < -0.4 is 5.73 Å². The van der Waals surface area contributed by atoms with Gasteiger partial charge in [-0.25, -0.2) is 13.4 Å². The van der Waals surface area contributed by atoms with Gasteiger partial charge >= 0.3 is 0 Å². The van der Waals surface area contributed by atoms with Crippen LogP contribution in [0, 0.1) is 11.8 Å². The second-order valence-electron chi connectivity index (χ2n) is 4.90. The minimum atomic E-state index is -3.40. The summed E-state index contributed by atoms with van der Waals surface area (Å²) in [5.41, 5.74) is 6.00. The number of H-pyrrole nitrogens is 1. The predicted molar refractivity (Wildman–Crippen MR) is 61.5 cm³/mol. The minimum Gasteiger partial charge on any atom is -0.335 e. The molecular formula is C10H16N4O2S. The molecule has 0 radical (unpaired) electrons. The normalized spacial score (nSPS) is 34.1. The quantitative estimate of drug-likeness (QED) is 0.764. The highest BCUT2D eigenvalue weighted by Gasteiger charge is 2.45. The van der Waals surface area contributed by atoms with E-state index in [0.717, 1.165) is 12.8 Å². The molecule has 1 aromatic heterocycles. The van der Waals surface area contributed by atoms with E-state index in [1.807, 2.05) is 0 Å². The van der Waals surface area contributed by atoms with Crippen molar-refractivity contribution in [1.29, 1.82) is 0 Å². The SMILES string of the molecule is NC1CCC2CN(S(=O)(=O)c3cnc[nH]3)CC12. The van der Waals surface area contributed by atoms with E-state index >= 15 is 0 Å². The molecule has 1 aliphatic heterocycles. The molecule has 1 saturated heterocycles. The molecule has 3 atom stereocenters. The number of hydrogen-bond donors (Lipinski definition) is 2. The number of nitrogens with zero attached hydrogens (tertiary/aromatic N) is 2. The summed E-state index contributed by atoms with van der Waals surface area (Å²) in [6.07, 6.45) is 4.80. The van der Waals surface area contributed by atoms with Crippen LogP contribution >= 0.6 is 0 Å². The van der Waals surface area contributed by atoms with Crippen molar-refractivity contribution in [3.63, 3.8) is 0 Å². The largest absolute Gasteiger partial charge is 0.335 e. The molecular weight excluding hydrogens is 240 g/mol. The van der Waals surface area contributed by atoms with Crippen LogP contribution in [0.1, 0.15) is 12.8 Å². The lowest BCUT2D eigenvalue weighted by Gasteiger charge is -2.17. The van der Waals surface area contributed by atoms with E-state index in [4.69, 9.17) is 5.73 Å².